The number of nitrogens with zero attached hydrogens (tertiary/aromatic N) is 2. The molecule has 1 aromatic carbocycles. The summed E-state index contributed by atoms with van der Waals surface area (Å²) in [6.45, 7) is 5.94. The van der Waals surface area contributed by atoms with Crippen LogP contribution in [0.5, 0.6) is 0 Å². The summed E-state index contributed by atoms with van der Waals surface area (Å²) in [6.07, 6.45) is 8.73. The third-order valence-electron chi connectivity index (χ3n) is 9.25. The largest absolute Gasteiger partial charge is 0.444 e. The minimum absolute atomic E-state index is 0.120. The number of urea groups is 1. The van der Waals surface area contributed by atoms with Crippen molar-refractivity contribution in [2.75, 3.05) is 25.4 Å². The van der Waals surface area contributed by atoms with Crippen molar-refractivity contribution in [1.29, 1.82) is 0 Å². The van der Waals surface area contributed by atoms with Gasteiger partial charge in [-0.2, -0.15) is 0 Å². The highest BCUT2D eigenvalue weighted by Gasteiger charge is 2.30. The van der Waals surface area contributed by atoms with E-state index in [2.05, 4.69) is 26.3 Å². The average Bonchev–Trinajstić information content (AvgIpc) is 3.10. The maximum atomic E-state index is 13.5. The van der Waals surface area contributed by atoms with Crippen molar-refractivity contribution in [2.45, 2.75) is 120 Å². The van der Waals surface area contributed by atoms with Crippen molar-refractivity contribution in [3.63, 3.8) is 0 Å². The van der Waals surface area contributed by atoms with E-state index in [1.165, 1.54) is 6.42 Å². The van der Waals surface area contributed by atoms with Gasteiger partial charge in [0.25, 0.3) is 0 Å². The second kappa shape index (κ2) is 20.3. The lowest BCUT2D eigenvalue weighted by Crippen LogP contribution is -2.56. The Morgan fingerprint density at radius 1 is 0.961 bits per heavy atom. The Balaban J connectivity index is 1.31. The molecule has 280 valence electrons. The van der Waals surface area contributed by atoms with Gasteiger partial charge in [0.1, 0.15) is 11.6 Å². The van der Waals surface area contributed by atoms with E-state index in [0.717, 1.165) is 36.3 Å². The van der Waals surface area contributed by atoms with Crippen LogP contribution < -0.4 is 21.3 Å². The van der Waals surface area contributed by atoms with E-state index in [9.17, 15) is 24.3 Å². The highest BCUT2D eigenvalue weighted by atomic mass is 32.2. The standard InChI is InChI=1S/C38H56N6O6S/c1-38(2,3)50-37(49)41-29-17-21-44(22-18-29)36(48)43-31(25-28-14-8-5-9-15-28)35(47)40-26-33(46)42-30(24-27-12-6-4-7-13-27)32(45)19-23-51-34-16-10-11-20-39-34/h5,8-11,14-16,20,27,29-32,45H,4,6-7,12-13,17-19,21-26H2,1-3H3,(H,40,47)(H,41,49)(H,42,46)(H,43,48)/t30-,31-,32-/m0/s1. The fourth-order valence-electron chi connectivity index (χ4n) is 6.56. The van der Waals surface area contributed by atoms with Crippen LogP contribution in [-0.2, 0) is 20.7 Å². The molecule has 0 unspecified atom stereocenters. The molecule has 0 radical (unpaired) electrons. The zero-order valence-corrected chi connectivity index (χ0v) is 31.1. The third-order valence-corrected chi connectivity index (χ3v) is 10.2. The smallest absolute Gasteiger partial charge is 0.407 e. The van der Waals surface area contributed by atoms with Gasteiger partial charge in [-0.15, -0.1) is 11.8 Å². The van der Waals surface area contributed by atoms with E-state index >= 15 is 0 Å². The van der Waals surface area contributed by atoms with Gasteiger partial charge in [0.05, 0.1) is 23.7 Å². The summed E-state index contributed by atoms with van der Waals surface area (Å²) in [4.78, 5) is 58.3. The number of carbonyl (C=O) groups excluding carboxylic acids is 4. The summed E-state index contributed by atoms with van der Waals surface area (Å²) in [5.41, 5.74) is 0.263. The molecule has 13 heteroatoms. The molecule has 1 aliphatic heterocycles. The number of alkyl carbamates (subject to hydrolysis) is 1. The first-order valence-corrected chi connectivity index (χ1v) is 19.3. The summed E-state index contributed by atoms with van der Waals surface area (Å²) in [5, 5.41) is 23.6. The molecule has 2 aromatic rings. The number of nitrogens with one attached hydrogen (secondary N) is 4. The maximum Gasteiger partial charge on any atom is 0.407 e. The van der Waals surface area contributed by atoms with Crippen molar-refractivity contribution in [1.82, 2.24) is 31.2 Å². The Hall–Kier alpha value is -3.84. The molecule has 1 aromatic heterocycles. The van der Waals surface area contributed by atoms with Gasteiger partial charge in [0, 0.05) is 37.5 Å². The van der Waals surface area contributed by atoms with Crippen LogP contribution in [0.15, 0.2) is 59.8 Å². The van der Waals surface area contributed by atoms with E-state index < -0.39 is 35.8 Å². The fourth-order valence-corrected chi connectivity index (χ4v) is 7.44. The summed E-state index contributed by atoms with van der Waals surface area (Å²) in [5.74, 6) is 0.232. The topological polar surface area (TPSA) is 162 Å². The van der Waals surface area contributed by atoms with Crippen molar-refractivity contribution in [3.8, 4) is 0 Å². The number of hydrogen-bond acceptors (Lipinski definition) is 8. The molecular formula is C38H56N6O6S. The number of pyridine rings is 1. The molecule has 0 bridgehead atoms. The van der Waals surface area contributed by atoms with E-state index in [4.69, 9.17) is 4.74 Å². The Labute approximate surface area is 306 Å². The molecule has 5 N–H and O–H groups in total. The second-order valence-electron chi connectivity index (χ2n) is 14.6. The number of rotatable bonds is 15. The molecule has 1 saturated carbocycles. The quantitative estimate of drug-likeness (QED) is 0.164. The molecule has 1 saturated heterocycles. The van der Waals surface area contributed by atoms with Crippen LogP contribution in [0.1, 0.15) is 84.1 Å². The van der Waals surface area contributed by atoms with Gasteiger partial charge in [0.2, 0.25) is 11.8 Å². The number of piperidine rings is 1. The van der Waals surface area contributed by atoms with Gasteiger partial charge in [-0.05, 0) is 70.1 Å². The highest BCUT2D eigenvalue weighted by Crippen LogP contribution is 2.29. The number of aliphatic hydroxyl groups is 1. The first-order valence-electron chi connectivity index (χ1n) is 18.3. The molecule has 1 aliphatic carbocycles. The lowest BCUT2D eigenvalue weighted by molar-refractivity contribution is -0.128. The molecule has 12 nitrogen and oxygen atoms in total. The van der Waals surface area contributed by atoms with Crippen LogP contribution in [0.25, 0.3) is 0 Å². The molecule has 0 spiro atoms. The Kier molecular flexibility index (Phi) is 15.9. The lowest BCUT2D eigenvalue weighted by Gasteiger charge is -2.33. The van der Waals surface area contributed by atoms with Gasteiger partial charge in [-0.1, -0.05) is 68.5 Å². The lowest BCUT2D eigenvalue weighted by atomic mass is 9.83. The highest BCUT2D eigenvalue weighted by molar-refractivity contribution is 7.99. The number of aromatic nitrogens is 1. The van der Waals surface area contributed by atoms with E-state index in [1.54, 1.807) is 43.6 Å². The van der Waals surface area contributed by atoms with Crippen LogP contribution in [0, 0.1) is 5.92 Å². The zero-order chi connectivity index (χ0) is 36.6. The summed E-state index contributed by atoms with van der Waals surface area (Å²) >= 11 is 1.57. The summed E-state index contributed by atoms with van der Waals surface area (Å²) in [6, 6.07) is 13.3. The average molecular weight is 725 g/mol. The van der Waals surface area contributed by atoms with E-state index in [1.807, 2.05) is 48.5 Å². The predicted molar refractivity (Wildman–Crippen MR) is 198 cm³/mol. The molecule has 2 heterocycles. The number of aliphatic hydroxyl groups excluding tert-OH is 1. The van der Waals surface area contributed by atoms with Gasteiger partial charge in [0.15, 0.2) is 0 Å². The fraction of sp³-hybridized carbons (Fsp3) is 0.605. The first kappa shape index (κ1) is 39.9. The maximum absolute atomic E-state index is 13.5. The molecule has 51 heavy (non-hydrogen) atoms. The molecule has 2 fully saturated rings. The van der Waals surface area contributed by atoms with E-state index in [-0.39, 0.29) is 30.9 Å². The Morgan fingerprint density at radius 3 is 2.33 bits per heavy atom. The van der Waals surface area contributed by atoms with Crippen LogP contribution in [0.2, 0.25) is 0 Å². The SMILES string of the molecule is CC(C)(C)OC(=O)NC1CCN(C(=O)N[C@@H](Cc2ccccc2)C(=O)NCC(=O)N[C@@H](CC2CCCCC2)[C@@H](O)CCSc2ccccn2)CC1. The molecule has 3 atom stereocenters. The molecule has 2 aliphatic rings. The molecule has 5 amide bonds. The number of thioether (sulfide) groups is 1. The van der Waals surface area contributed by atoms with Crippen LogP contribution >= 0.6 is 11.8 Å². The van der Waals surface area contributed by atoms with Crippen LogP contribution in [0.3, 0.4) is 0 Å². The van der Waals surface area contributed by atoms with E-state index in [0.29, 0.717) is 50.4 Å². The Morgan fingerprint density at radius 2 is 1.67 bits per heavy atom. The number of benzene rings is 1. The zero-order valence-electron chi connectivity index (χ0n) is 30.3. The van der Waals surface area contributed by atoms with Crippen molar-refractivity contribution in [3.05, 3.63) is 60.3 Å². The summed E-state index contributed by atoms with van der Waals surface area (Å²) in [7, 11) is 0. The van der Waals surface area contributed by atoms with Gasteiger partial charge in [-0.25, -0.2) is 14.6 Å². The third kappa shape index (κ3) is 14.7. The minimum atomic E-state index is -0.919. The second-order valence-corrected chi connectivity index (χ2v) is 15.7. The Bertz CT molecular complexity index is 1380. The minimum Gasteiger partial charge on any atom is -0.444 e. The monoisotopic (exact) mass is 724 g/mol. The normalized spacial score (nSPS) is 17.5. The predicted octanol–water partition coefficient (Wildman–Crippen LogP) is 4.81. The number of ether oxygens (including phenoxy) is 1. The number of amides is 5. The number of likely N-dealkylation sites (tertiary alicyclic amines) is 1. The van der Waals surface area contributed by atoms with Crippen molar-refractivity contribution < 1.29 is 29.0 Å². The van der Waals surface area contributed by atoms with Gasteiger partial charge in [-0.3, -0.25) is 9.59 Å². The van der Waals surface area contributed by atoms with Crippen molar-refractivity contribution >= 4 is 35.7 Å². The molecular weight excluding hydrogens is 669 g/mol. The number of hydrogen-bond donors (Lipinski definition) is 5. The number of carbonyl (C=O) groups is 4. The molecule has 4 rings (SSSR count). The summed E-state index contributed by atoms with van der Waals surface area (Å²) < 4.78 is 5.36. The van der Waals surface area contributed by atoms with Gasteiger partial charge >= 0.3 is 12.1 Å². The van der Waals surface area contributed by atoms with Crippen LogP contribution in [0.4, 0.5) is 9.59 Å². The van der Waals surface area contributed by atoms with Crippen LogP contribution in [-0.4, -0.2) is 94.1 Å². The van der Waals surface area contributed by atoms with Gasteiger partial charge < -0.3 is 36.0 Å². The first-order chi connectivity index (χ1) is 24.4. The van der Waals surface area contributed by atoms with Crippen molar-refractivity contribution in [2.24, 2.45) is 5.92 Å².